The van der Waals surface area contributed by atoms with Crippen molar-refractivity contribution in [1.29, 1.82) is 0 Å². The zero-order chi connectivity index (χ0) is 16.9. The maximum Gasteiger partial charge on any atom is 0.363 e. The van der Waals surface area contributed by atoms with Crippen molar-refractivity contribution < 1.29 is 47.9 Å². The molecule has 1 N–H and O–H groups in total. The average Bonchev–Trinajstić information content (AvgIpc) is 2.36. The van der Waals surface area contributed by atoms with Crippen molar-refractivity contribution in [3.63, 3.8) is 0 Å². The first kappa shape index (κ1) is 18.1. The Morgan fingerprint density at radius 2 is 1.86 bits per heavy atom. The average molecular weight is 333 g/mol. The molecule has 120 valence electrons. The summed E-state index contributed by atoms with van der Waals surface area (Å²) in [5, 5.41) is 10.1. The van der Waals surface area contributed by atoms with Crippen molar-refractivity contribution in [1.82, 2.24) is 0 Å². The molecule has 0 aliphatic heterocycles. The number of phenolic OH excluding ortho intramolecular Hbond substituents is 1. The summed E-state index contributed by atoms with van der Waals surface area (Å²) in [4.78, 5) is 11.6. The van der Waals surface area contributed by atoms with E-state index in [0.29, 0.717) is 23.5 Å². The Labute approximate surface area is 127 Å². The number of aromatic hydroxyl groups is 1. The number of carbonyl (C=O) groups excluding carboxylic acids is 1. The first-order chi connectivity index (χ1) is 10.1. The molecule has 0 amide bonds. The highest BCUT2D eigenvalue weighted by Crippen LogP contribution is 2.24. The van der Waals surface area contributed by atoms with Crippen molar-refractivity contribution in [3.05, 3.63) is 35.6 Å². The van der Waals surface area contributed by atoms with E-state index in [1.165, 1.54) is 6.07 Å². The Hall–Kier alpha value is -1.97. The van der Waals surface area contributed by atoms with Crippen molar-refractivity contribution in [2.24, 2.45) is 0 Å². The number of fused-ring (bicyclic) bond motifs is 1. The van der Waals surface area contributed by atoms with E-state index in [2.05, 4.69) is 0 Å². The fraction of sp³-hybridized carbons (Fsp3) is 0.231. The smallest absolute Gasteiger partial charge is 0.363 e. The first-order valence-electron chi connectivity index (χ1n) is 5.97. The van der Waals surface area contributed by atoms with Gasteiger partial charge in [-0.1, -0.05) is 0 Å². The number of phenols is 1. The van der Waals surface area contributed by atoms with Gasteiger partial charge >= 0.3 is 17.3 Å². The Morgan fingerprint density at radius 1 is 1.27 bits per heavy atom. The van der Waals surface area contributed by atoms with Crippen molar-refractivity contribution in [3.8, 4) is 5.75 Å². The van der Waals surface area contributed by atoms with Crippen molar-refractivity contribution in [2.45, 2.75) is 13.8 Å². The van der Waals surface area contributed by atoms with E-state index in [9.17, 15) is 9.90 Å². The van der Waals surface area contributed by atoms with E-state index < -0.39 is 16.2 Å². The maximum absolute atomic E-state index is 11.6. The lowest BCUT2D eigenvalue weighted by molar-refractivity contribution is -2.00. The molecule has 0 fully saturated rings. The van der Waals surface area contributed by atoms with Crippen LogP contribution in [0.3, 0.4) is 0 Å². The van der Waals surface area contributed by atoms with Crippen LogP contribution in [0.4, 0.5) is 0 Å². The molecule has 1 heterocycles. The quantitative estimate of drug-likeness (QED) is 0.497. The number of rotatable bonds is 2. The molecule has 0 unspecified atom stereocenters. The number of benzene rings is 1. The highest BCUT2D eigenvalue weighted by Gasteiger charge is 2.21. The lowest BCUT2D eigenvalue weighted by Crippen LogP contribution is -2.68. The van der Waals surface area contributed by atoms with E-state index in [-0.39, 0.29) is 5.75 Å². The minimum Gasteiger partial charge on any atom is -0.508 e. The zero-order valence-corrected chi connectivity index (χ0v) is 12.5. The van der Waals surface area contributed by atoms with Crippen LogP contribution >= 0.6 is 0 Å². The van der Waals surface area contributed by atoms with Crippen LogP contribution in [0.1, 0.15) is 23.0 Å². The van der Waals surface area contributed by atoms with Gasteiger partial charge in [0, 0.05) is 0 Å². The number of esters is 1. The molecule has 0 aliphatic carbocycles. The Kier molecular flexibility index (Phi) is 6.03. The van der Waals surface area contributed by atoms with Gasteiger partial charge in [0.2, 0.25) is 0 Å². The van der Waals surface area contributed by atoms with Gasteiger partial charge in [-0.05, 0) is 25.1 Å². The normalized spacial score (nSPS) is 10.8. The second-order valence-electron chi connectivity index (χ2n) is 4.04. The van der Waals surface area contributed by atoms with Gasteiger partial charge in [0.15, 0.2) is 5.56 Å². The van der Waals surface area contributed by atoms with Gasteiger partial charge in [-0.3, -0.25) is 0 Å². The molecule has 22 heavy (non-hydrogen) atoms. The van der Waals surface area contributed by atoms with Crippen LogP contribution in [0.25, 0.3) is 11.0 Å². The Morgan fingerprint density at radius 3 is 2.41 bits per heavy atom. The molecule has 0 bridgehead atoms. The van der Waals surface area contributed by atoms with Crippen LogP contribution < -0.4 is 18.6 Å². The number of aryl methyl sites for hydroxylation is 1. The highest BCUT2D eigenvalue weighted by molar-refractivity contribution is 5.94. The van der Waals surface area contributed by atoms with E-state index in [0.717, 1.165) is 5.39 Å². The minimum absolute atomic E-state index is 0.129. The predicted molar refractivity (Wildman–Crippen MR) is 63.0 cm³/mol. The van der Waals surface area contributed by atoms with Gasteiger partial charge < -0.3 is 9.84 Å². The van der Waals surface area contributed by atoms with Gasteiger partial charge in [0.1, 0.15) is 5.75 Å². The van der Waals surface area contributed by atoms with Gasteiger partial charge in [-0.2, -0.15) is 0 Å². The van der Waals surface area contributed by atoms with Gasteiger partial charge in [-0.25, -0.2) is 27.8 Å². The molecule has 1 aromatic carbocycles. The number of carbonyl (C=O) groups is 1. The largest absolute Gasteiger partial charge is 0.508 e. The fourth-order valence-electron chi connectivity index (χ4n) is 1.62. The summed E-state index contributed by atoms with van der Waals surface area (Å²) in [5.74, 6) is 0.204. The molecule has 9 heteroatoms. The molecule has 0 spiro atoms. The molecule has 0 saturated carbocycles. The SMILES string of the molecule is CCOC(=O)c1cc2ccc(O)cc2[o+]c1C.[O-][Cl+3]([O-])([O-])[O-]. The summed E-state index contributed by atoms with van der Waals surface area (Å²) < 4.78 is 44.4. The van der Waals surface area contributed by atoms with E-state index in [1.54, 1.807) is 32.0 Å². The summed E-state index contributed by atoms with van der Waals surface area (Å²) in [6.45, 7) is 3.77. The number of hydrogen-bond acceptors (Lipinski definition) is 7. The van der Waals surface area contributed by atoms with Crippen molar-refractivity contribution >= 4 is 16.9 Å². The summed E-state index contributed by atoms with van der Waals surface area (Å²) in [5.41, 5.74) is 0.945. The van der Waals surface area contributed by atoms with E-state index >= 15 is 0 Å². The Bertz CT molecular complexity index is 659. The van der Waals surface area contributed by atoms with E-state index in [4.69, 9.17) is 27.8 Å². The number of halogens is 1. The number of ether oxygens (including phenoxy) is 1. The summed E-state index contributed by atoms with van der Waals surface area (Å²) in [6.07, 6.45) is 0. The zero-order valence-electron chi connectivity index (χ0n) is 11.7. The monoisotopic (exact) mass is 332 g/mol. The van der Waals surface area contributed by atoms with Gasteiger partial charge in [0.05, 0.1) is 25.0 Å². The third-order valence-electron chi connectivity index (χ3n) is 2.43. The number of hydrogen-bond donors (Lipinski definition) is 1. The van der Waals surface area contributed by atoms with E-state index in [1.807, 2.05) is 0 Å². The second kappa shape index (κ2) is 7.34. The topological polar surface area (TPSA) is 150 Å². The molecule has 0 aliphatic rings. The van der Waals surface area contributed by atoms with Crippen molar-refractivity contribution in [2.75, 3.05) is 6.61 Å². The molecule has 0 saturated heterocycles. The molecule has 0 atom stereocenters. The summed E-state index contributed by atoms with van der Waals surface area (Å²) >= 11 is 0. The lowest BCUT2D eigenvalue weighted by atomic mass is 10.1. The molecular weight excluding hydrogens is 320 g/mol. The fourth-order valence-corrected chi connectivity index (χ4v) is 1.62. The summed E-state index contributed by atoms with van der Waals surface area (Å²) in [6, 6.07) is 6.45. The molecule has 2 aromatic rings. The van der Waals surface area contributed by atoms with Gasteiger partial charge in [0.25, 0.3) is 0 Å². The molecular formula is C13H13ClO8. The Balaban J connectivity index is 0.000000422. The maximum atomic E-state index is 11.6. The predicted octanol–water partition coefficient (Wildman–Crippen LogP) is -1.85. The first-order valence-corrected chi connectivity index (χ1v) is 7.20. The molecule has 0 radical (unpaired) electrons. The minimum atomic E-state index is -4.94. The lowest BCUT2D eigenvalue weighted by Gasteiger charge is -2.17. The highest BCUT2D eigenvalue weighted by atomic mass is 35.7. The molecule has 1 aromatic heterocycles. The summed E-state index contributed by atoms with van der Waals surface area (Å²) in [7, 11) is -4.94. The van der Waals surface area contributed by atoms with Crippen LogP contribution in [0, 0.1) is 17.2 Å². The van der Waals surface area contributed by atoms with Crippen LogP contribution in [-0.4, -0.2) is 17.7 Å². The third-order valence-corrected chi connectivity index (χ3v) is 2.43. The van der Waals surface area contributed by atoms with Gasteiger partial charge in [-0.15, -0.1) is 10.2 Å². The second-order valence-corrected chi connectivity index (χ2v) is 4.79. The van der Waals surface area contributed by atoms with Crippen LogP contribution in [-0.2, 0) is 4.74 Å². The van der Waals surface area contributed by atoms with Crippen LogP contribution in [0.5, 0.6) is 5.75 Å². The molecule has 2 rings (SSSR count). The standard InChI is InChI=1S/C13H12O4.ClHO4/c1-3-16-13(15)11-6-9-4-5-10(14)7-12(9)17-8(11)2;2-1(3,4)5/h4-7H,3H2,1-2H3;(H,2,3,4,5). The van der Waals surface area contributed by atoms with Crippen LogP contribution in [0.2, 0.25) is 0 Å². The van der Waals surface area contributed by atoms with Crippen LogP contribution in [0.15, 0.2) is 28.7 Å². The third kappa shape index (κ3) is 5.80. The molecule has 8 nitrogen and oxygen atoms in total.